The predicted molar refractivity (Wildman–Crippen MR) is 78.9 cm³/mol. The minimum atomic E-state index is -0.475. The van der Waals surface area contributed by atoms with Gasteiger partial charge in [0.15, 0.2) is 0 Å². The molecule has 7 nitrogen and oxygen atoms in total. The van der Waals surface area contributed by atoms with Gasteiger partial charge in [0.1, 0.15) is 0 Å². The molecule has 0 aliphatic heterocycles. The molecule has 1 aromatic carbocycles. The van der Waals surface area contributed by atoms with Crippen LogP contribution in [0, 0.1) is 16.0 Å². The highest BCUT2D eigenvalue weighted by Crippen LogP contribution is 2.18. The van der Waals surface area contributed by atoms with Crippen LogP contribution in [0.4, 0.5) is 10.5 Å². The quantitative estimate of drug-likeness (QED) is 0.551. The summed E-state index contributed by atoms with van der Waals surface area (Å²) in [6.45, 7) is 5.38. The first-order valence-corrected chi connectivity index (χ1v) is 6.77. The number of non-ortho nitro benzene ring substituents is 1. The van der Waals surface area contributed by atoms with Gasteiger partial charge in [-0.3, -0.25) is 10.1 Å². The monoisotopic (exact) mass is 295 g/mol. The van der Waals surface area contributed by atoms with E-state index in [1.807, 2.05) is 13.8 Å². The van der Waals surface area contributed by atoms with Crippen LogP contribution in [-0.4, -0.2) is 28.7 Å². The Balaban J connectivity index is 2.68. The van der Waals surface area contributed by atoms with Gasteiger partial charge >= 0.3 is 6.03 Å². The Morgan fingerprint density at radius 3 is 2.52 bits per heavy atom. The number of hydrogen-bond acceptors (Lipinski definition) is 4. The van der Waals surface area contributed by atoms with Crippen LogP contribution in [0.15, 0.2) is 24.3 Å². The lowest BCUT2D eigenvalue weighted by Gasteiger charge is -2.22. The van der Waals surface area contributed by atoms with E-state index in [-0.39, 0.29) is 30.3 Å². The fraction of sp³-hybridized carbons (Fsp3) is 0.500. The summed E-state index contributed by atoms with van der Waals surface area (Å²) in [6.07, 6.45) is 0. The number of nitrogens with zero attached hydrogens (tertiary/aromatic N) is 1. The predicted octanol–water partition coefficient (Wildman–Crippen LogP) is 1.97. The molecular formula is C14H21N3O4. The SMILES string of the molecule is CC(NC(=O)N[C@H](CO)C(C)C)c1cccc([N+](=O)[O-])c1. The van der Waals surface area contributed by atoms with Crippen molar-refractivity contribution in [1.29, 1.82) is 0 Å². The van der Waals surface area contributed by atoms with Gasteiger partial charge in [-0.15, -0.1) is 0 Å². The summed E-state index contributed by atoms with van der Waals surface area (Å²) in [5, 5.41) is 25.3. The van der Waals surface area contributed by atoms with E-state index < -0.39 is 11.0 Å². The van der Waals surface area contributed by atoms with Gasteiger partial charge in [0.05, 0.1) is 23.6 Å². The second-order valence-corrected chi connectivity index (χ2v) is 5.22. The van der Waals surface area contributed by atoms with Crippen LogP contribution >= 0.6 is 0 Å². The van der Waals surface area contributed by atoms with Crippen LogP contribution in [0.3, 0.4) is 0 Å². The summed E-state index contributed by atoms with van der Waals surface area (Å²) in [5.41, 5.74) is 0.626. The molecule has 1 unspecified atom stereocenters. The summed E-state index contributed by atoms with van der Waals surface area (Å²) < 4.78 is 0. The van der Waals surface area contributed by atoms with Crippen LogP contribution in [0.25, 0.3) is 0 Å². The molecule has 1 aromatic rings. The molecule has 0 saturated heterocycles. The molecule has 0 fully saturated rings. The summed E-state index contributed by atoms with van der Waals surface area (Å²) >= 11 is 0. The van der Waals surface area contributed by atoms with E-state index in [1.165, 1.54) is 12.1 Å². The highest BCUT2D eigenvalue weighted by Gasteiger charge is 2.17. The first-order chi connectivity index (χ1) is 9.85. The Bertz CT molecular complexity index is 505. The Morgan fingerprint density at radius 1 is 1.33 bits per heavy atom. The van der Waals surface area contributed by atoms with Crippen molar-refractivity contribution in [2.75, 3.05) is 6.61 Å². The van der Waals surface area contributed by atoms with Gasteiger partial charge < -0.3 is 15.7 Å². The third kappa shape index (κ3) is 5.03. The van der Waals surface area contributed by atoms with E-state index in [1.54, 1.807) is 19.1 Å². The average Bonchev–Trinajstić information content (AvgIpc) is 2.44. The van der Waals surface area contributed by atoms with Gasteiger partial charge in [0.2, 0.25) is 0 Å². The number of nitro benzene ring substituents is 1. The van der Waals surface area contributed by atoms with Crippen molar-refractivity contribution in [3.63, 3.8) is 0 Å². The second-order valence-electron chi connectivity index (χ2n) is 5.22. The molecule has 0 aliphatic rings. The lowest BCUT2D eigenvalue weighted by atomic mass is 10.1. The Kier molecular flexibility index (Phi) is 6.10. The average molecular weight is 295 g/mol. The fourth-order valence-corrected chi connectivity index (χ4v) is 1.82. The van der Waals surface area contributed by atoms with Crippen LogP contribution < -0.4 is 10.6 Å². The zero-order chi connectivity index (χ0) is 16.0. The maximum atomic E-state index is 11.9. The van der Waals surface area contributed by atoms with Crippen molar-refractivity contribution >= 4 is 11.7 Å². The van der Waals surface area contributed by atoms with Gasteiger partial charge in [0.25, 0.3) is 5.69 Å². The van der Waals surface area contributed by atoms with Crippen molar-refractivity contribution in [2.24, 2.45) is 5.92 Å². The van der Waals surface area contributed by atoms with Crippen LogP contribution in [0.5, 0.6) is 0 Å². The van der Waals surface area contributed by atoms with E-state index in [0.717, 1.165) is 0 Å². The van der Waals surface area contributed by atoms with Gasteiger partial charge in [-0.05, 0) is 18.4 Å². The zero-order valence-corrected chi connectivity index (χ0v) is 12.4. The standard InChI is InChI=1S/C14H21N3O4/c1-9(2)13(8-18)16-14(19)15-10(3)11-5-4-6-12(7-11)17(20)21/h4-7,9-10,13,18H,8H2,1-3H3,(H2,15,16,19)/t10?,13-/m1/s1. The summed E-state index contributed by atoms with van der Waals surface area (Å²) in [7, 11) is 0. The Morgan fingerprint density at radius 2 is 2.00 bits per heavy atom. The molecular weight excluding hydrogens is 274 g/mol. The van der Waals surface area contributed by atoms with Crippen molar-refractivity contribution < 1.29 is 14.8 Å². The minimum absolute atomic E-state index is 0.0167. The van der Waals surface area contributed by atoms with E-state index in [0.29, 0.717) is 5.56 Å². The molecule has 1 rings (SSSR count). The lowest BCUT2D eigenvalue weighted by Crippen LogP contribution is -2.46. The molecule has 21 heavy (non-hydrogen) atoms. The smallest absolute Gasteiger partial charge is 0.315 e. The van der Waals surface area contributed by atoms with Crippen LogP contribution in [0.1, 0.15) is 32.4 Å². The number of carbonyl (C=O) groups excluding carboxylic acids is 1. The van der Waals surface area contributed by atoms with Crippen molar-refractivity contribution in [2.45, 2.75) is 32.9 Å². The van der Waals surface area contributed by atoms with Gasteiger partial charge in [0, 0.05) is 12.1 Å². The third-order valence-corrected chi connectivity index (χ3v) is 3.25. The number of benzene rings is 1. The van der Waals surface area contributed by atoms with E-state index in [4.69, 9.17) is 0 Å². The molecule has 0 radical (unpaired) electrons. The number of rotatable bonds is 6. The van der Waals surface area contributed by atoms with Gasteiger partial charge in [-0.25, -0.2) is 4.79 Å². The molecule has 0 heterocycles. The number of amides is 2. The maximum absolute atomic E-state index is 11.9. The zero-order valence-electron chi connectivity index (χ0n) is 12.4. The summed E-state index contributed by atoms with van der Waals surface area (Å²) in [4.78, 5) is 22.1. The first kappa shape index (κ1) is 16.9. The number of carbonyl (C=O) groups is 1. The molecule has 116 valence electrons. The number of urea groups is 1. The van der Waals surface area contributed by atoms with E-state index in [9.17, 15) is 20.0 Å². The Labute approximate surface area is 123 Å². The molecule has 0 aliphatic carbocycles. The summed E-state index contributed by atoms with van der Waals surface area (Å²) in [5.74, 6) is 0.105. The molecule has 2 atom stereocenters. The van der Waals surface area contributed by atoms with Crippen molar-refractivity contribution in [3.05, 3.63) is 39.9 Å². The first-order valence-electron chi connectivity index (χ1n) is 6.77. The van der Waals surface area contributed by atoms with Gasteiger partial charge in [-0.1, -0.05) is 26.0 Å². The fourth-order valence-electron chi connectivity index (χ4n) is 1.82. The lowest BCUT2D eigenvalue weighted by molar-refractivity contribution is -0.384. The number of aliphatic hydroxyl groups is 1. The number of hydrogen-bond donors (Lipinski definition) is 3. The molecule has 3 N–H and O–H groups in total. The maximum Gasteiger partial charge on any atom is 0.315 e. The summed E-state index contributed by atoms with van der Waals surface area (Å²) in [6, 6.07) is 4.99. The van der Waals surface area contributed by atoms with Crippen LogP contribution in [-0.2, 0) is 0 Å². The highest BCUT2D eigenvalue weighted by atomic mass is 16.6. The Hall–Kier alpha value is -2.15. The third-order valence-electron chi connectivity index (χ3n) is 3.25. The number of nitro groups is 1. The van der Waals surface area contributed by atoms with E-state index >= 15 is 0 Å². The number of aliphatic hydroxyl groups excluding tert-OH is 1. The van der Waals surface area contributed by atoms with Crippen molar-refractivity contribution in [1.82, 2.24) is 10.6 Å². The molecule has 0 aromatic heterocycles. The normalized spacial score (nSPS) is 13.6. The molecule has 0 bridgehead atoms. The molecule has 2 amide bonds. The minimum Gasteiger partial charge on any atom is -0.394 e. The second kappa shape index (κ2) is 7.58. The molecule has 0 spiro atoms. The largest absolute Gasteiger partial charge is 0.394 e. The van der Waals surface area contributed by atoms with Crippen LogP contribution in [0.2, 0.25) is 0 Å². The topological polar surface area (TPSA) is 104 Å². The van der Waals surface area contributed by atoms with E-state index in [2.05, 4.69) is 10.6 Å². The van der Waals surface area contributed by atoms with Crippen molar-refractivity contribution in [3.8, 4) is 0 Å². The number of nitrogens with one attached hydrogen (secondary N) is 2. The molecule has 0 saturated carbocycles. The molecule has 7 heteroatoms. The highest BCUT2D eigenvalue weighted by molar-refractivity contribution is 5.74. The van der Waals surface area contributed by atoms with Gasteiger partial charge in [-0.2, -0.15) is 0 Å².